The topological polar surface area (TPSA) is 96.0 Å². The highest BCUT2D eigenvalue weighted by atomic mass is 35.5. The average Bonchev–Trinajstić information content (AvgIpc) is 2.91. The van der Waals surface area contributed by atoms with E-state index in [4.69, 9.17) is 39.5 Å². The van der Waals surface area contributed by atoms with Crippen LogP contribution in [0.1, 0.15) is 40.2 Å². The molecule has 0 spiro atoms. The second-order valence-electron chi connectivity index (χ2n) is 10.6. The van der Waals surface area contributed by atoms with Gasteiger partial charge >= 0.3 is 0 Å². The third-order valence-electron chi connectivity index (χ3n) is 6.14. The minimum absolute atomic E-state index is 0.0561. The molecule has 0 heterocycles. The van der Waals surface area contributed by atoms with Crippen molar-refractivity contribution in [2.45, 2.75) is 57.6 Å². The van der Waals surface area contributed by atoms with Crippen molar-refractivity contribution in [3.63, 3.8) is 0 Å². The normalized spacial score (nSPS) is 12.4. The molecule has 0 bridgehead atoms. The summed E-state index contributed by atoms with van der Waals surface area (Å²) in [5.74, 6) is -0.485. The number of amides is 2. The Morgan fingerprint density at radius 1 is 0.929 bits per heavy atom. The van der Waals surface area contributed by atoms with E-state index in [1.807, 2.05) is 27.7 Å². The zero-order valence-electron chi connectivity index (χ0n) is 24.0. The number of carbonyl (C=O) groups excluding carboxylic acids is 2. The molecule has 0 aromatic heterocycles. The van der Waals surface area contributed by atoms with Crippen molar-refractivity contribution in [2.24, 2.45) is 0 Å². The SMILES string of the molecule is CCOc1ccc(N(CC(=O)N(Cc2ccc(Cl)cc2Cl)C(C)C(=O)NC(C)(C)C)S(=O)(=O)c2ccc(Cl)cc2)cc1. The largest absolute Gasteiger partial charge is 0.494 e. The quantitative estimate of drug-likeness (QED) is 0.252. The van der Waals surface area contributed by atoms with Crippen LogP contribution in [0.25, 0.3) is 0 Å². The van der Waals surface area contributed by atoms with Gasteiger partial charge in [0.05, 0.1) is 17.2 Å². The summed E-state index contributed by atoms with van der Waals surface area (Å²) in [6.45, 7) is 8.66. The summed E-state index contributed by atoms with van der Waals surface area (Å²) in [5.41, 5.74) is 0.209. The Morgan fingerprint density at radius 3 is 2.07 bits per heavy atom. The van der Waals surface area contributed by atoms with Gasteiger partial charge in [0.1, 0.15) is 18.3 Å². The minimum Gasteiger partial charge on any atom is -0.494 e. The van der Waals surface area contributed by atoms with Gasteiger partial charge in [-0.3, -0.25) is 13.9 Å². The molecule has 0 radical (unpaired) electrons. The maximum Gasteiger partial charge on any atom is 0.264 e. The number of benzene rings is 3. The van der Waals surface area contributed by atoms with Crippen LogP contribution in [0.4, 0.5) is 5.69 Å². The van der Waals surface area contributed by atoms with Crippen LogP contribution in [-0.4, -0.2) is 49.9 Å². The third-order valence-corrected chi connectivity index (χ3v) is 8.76. The first-order valence-electron chi connectivity index (χ1n) is 13.2. The van der Waals surface area contributed by atoms with Crippen molar-refractivity contribution >= 4 is 62.3 Å². The number of rotatable bonds is 11. The molecule has 12 heteroatoms. The summed E-state index contributed by atoms with van der Waals surface area (Å²) in [6.07, 6.45) is 0. The summed E-state index contributed by atoms with van der Waals surface area (Å²) >= 11 is 18.5. The zero-order chi connectivity index (χ0) is 31.2. The number of ether oxygens (including phenoxy) is 1. The molecule has 0 fully saturated rings. The average molecular weight is 655 g/mol. The number of hydrogen-bond donors (Lipinski definition) is 1. The molecular weight excluding hydrogens is 621 g/mol. The lowest BCUT2D eigenvalue weighted by atomic mass is 10.1. The first-order valence-corrected chi connectivity index (χ1v) is 15.8. The fourth-order valence-electron chi connectivity index (χ4n) is 4.03. The van der Waals surface area contributed by atoms with E-state index >= 15 is 0 Å². The molecule has 1 unspecified atom stereocenters. The Balaban J connectivity index is 2.06. The van der Waals surface area contributed by atoms with Crippen LogP contribution < -0.4 is 14.4 Å². The number of anilines is 1. The van der Waals surface area contributed by atoms with Gasteiger partial charge in [-0.25, -0.2) is 8.42 Å². The van der Waals surface area contributed by atoms with Gasteiger partial charge < -0.3 is 15.0 Å². The highest BCUT2D eigenvalue weighted by Gasteiger charge is 2.33. The second-order valence-corrected chi connectivity index (χ2v) is 13.7. The van der Waals surface area contributed by atoms with Gasteiger partial charge in [0.15, 0.2) is 0 Å². The smallest absolute Gasteiger partial charge is 0.264 e. The van der Waals surface area contributed by atoms with Crippen molar-refractivity contribution in [3.8, 4) is 5.75 Å². The van der Waals surface area contributed by atoms with Crippen LogP contribution in [-0.2, 0) is 26.2 Å². The Hall–Kier alpha value is -2.98. The number of sulfonamides is 1. The van der Waals surface area contributed by atoms with Crippen LogP contribution >= 0.6 is 34.8 Å². The second kappa shape index (κ2) is 14.0. The molecular formula is C30H34Cl3N3O5S. The summed E-state index contributed by atoms with van der Waals surface area (Å²) < 4.78 is 34.3. The summed E-state index contributed by atoms with van der Waals surface area (Å²) in [5, 5.41) is 3.97. The Morgan fingerprint density at radius 2 is 1.52 bits per heavy atom. The fourth-order valence-corrected chi connectivity index (χ4v) is 6.04. The van der Waals surface area contributed by atoms with Crippen molar-refractivity contribution in [1.82, 2.24) is 10.2 Å². The fraction of sp³-hybridized carbons (Fsp3) is 0.333. The lowest BCUT2D eigenvalue weighted by molar-refractivity contribution is -0.140. The first-order chi connectivity index (χ1) is 19.6. The van der Waals surface area contributed by atoms with Crippen molar-refractivity contribution < 1.29 is 22.7 Å². The van der Waals surface area contributed by atoms with E-state index in [0.29, 0.717) is 33.0 Å². The van der Waals surface area contributed by atoms with Crippen LogP contribution in [0.2, 0.25) is 15.1 Å². The number of nitrogens with zero attached hydrogens (tertiary/aromatic N) is 2. The van der Waals surface area contributed by atoms with E-state index in [1.165, 1.54) is 35.2 Å². The molecule has 0 saturated carbocycles. The van der Waals surface area contributed by atoms with Crippen molar-refractivity contribution in [3.05, 3.63) is 87.4 Å². The maximum atomic E-state index is 14.0. The molecule has 8 nitrogen and oxygen atoms in total. The highest BCUT2D eigenvalue weighted by molar-refractivity contribution is 7.92. The molecule has 3 aromatic carbocycles. The maximum absolute atomic E-state index is 14.0. The molecule has 1 N–H and O–H groups in total. The van der Waals surface area contributed by atoms with E-state index in [0.717, 1.165) is 4.31 Å². The molecule has 0 aliphatic rings. The summed E-state index contributed by atoms with van der Waals surface area (Å²) in [4.78, 5) is 28.5. The van der Waals surface area contributed by atoms with Gasteiger partial charge in [0, 0.05) is 27.2 Å². The molecule has 3 rings (SSSR count). The molecule has 0 aliphatic heterocycles. The highest BCUT2D eigenvalue weighted by Crippen LogP contribution is 2.28. The third kappa shape index (κ3) is 8.77. The summed E-state index contributed by atoms with van der Waals surface area (Å²) in [7, 11) is -4.24. The predicted molar refractivity (Wildman–Crippen MR) is 168 cm³/mol. The van der Waals surface area contributed by atoms with Crippen LogP contribution in [0.5, 0.6) is 5.75 Å². The molecule has 226 valence electrons. The van der Waals surface area contributed by atoms with E-state index in [9.17, 15) is 18.0 Å². The molecule has 0 aliphatic carbocycles. The number of hydrogen-bond acceptors (Lipinski definition) is 5. The van der Waals surface area contributed by atoms with Gasteiger partial charge in [-0.1, -0.05) is 40.9 Å². The van der Waals surface area contributed by atoms with Crippen LogP contribution in [0.15, 0.2) is 71.6 Å². The zero-order valence-corrected chi connectivity index (χ0v) is 27.1. The lowest BCUT2D eigenvalue weighted by Crippen LogP contribution is -2.54. The van der Waals surface area contributed by atoms with E-state index in [1.54, 1.807) is 43.3 Å². The van der Waals surface area contributed by atoms with Gasteiger partial charge in [-0.2, -0.15) is 0 Å². The van der Waals surface area contributed by atoms with Crippen LogP contribution in [0, 0.1) is 0 Å². The Kier molecular flexibility index (Phi) is 11.2. The number of nitrogens with one attached hydrogen (secondary N) is 1. The molecule has 3 aromatic rings. The Labute approximate surface area is 262 Å². The van der Waals surface area contributed by atoms with Gasteiger partial charge in [-0.15, -0.1) is 0 Å². The molecule has 42 heavy (non-hydrogen) atoms. The van der Waals surface area contributed by atoms with Crippen molar-refractivity contribution in [2.75, 3.05) is 17.5 Å². The Bertz CT molecular complexity index is 1510. The number of carbonyl (C=O) groups is 2. The molecule has 2 amide bonds. The summed E-state index contributed by atoms with van der Waals surface area (Å²) in [6, 6.07) is 15.9. The van der Waals surface area contributed by atoms with E-state index in [-0.39, 0.29) is 17.1 Å². The van der Waals surface area contributed by atoms with Gasteiger partial charge in [0.2, 0.25) is 11.8 Å². The minimum atomic E-state index is -4.24. The van der Waals surface area contributed by atoms with E-state index < -0.39 is 40.0 Å². The molecule has 1 atom stereocenters. The lowest BCUT2D eigenvalue weighted by Gasteiger charge is -2.33. The van der Waals surface area contributed by atoms with E-state index in [2.05, 4.69) is 5.32 Å². The van der Waals surface area contributed by atoms with Crippen LogP contribution in [0.3, 0.4) is 0 Å². The van der Waals surface area contributed by atoms with Gasteiger partial charge in [-0.05, 0) is 101 Å². The predicted octanol–water partition coefficient (Wildman–Crippen LogP) is 6.57. The monoisotopic (exact) mass is 653 g/mol. The molecule has 0 saturated heterocycles. The standard InChI is InChI=1S/C30H34Cl3N3O5S/c1-6-41-25-13-11-24(12-14-25)36(42(39,40)26-15-9-22(31)10-16-26)19-28(37)35(20(2)29(38)34-30(3,4)5)18-21-7-8-23(32)17-27(21)33/h7-17,20H,6,18-19H2,1-5H3,(H,34,38). The van der Waals surface area contributed by atoms with Crippen molar-refractivity contribution in [1.29, 1.82) is 0 Å². The number of halogens is 3. The first kappa shape index (κ1) is 33.5. The van der Waals surface area contributed by atoms with Gasteiger partial charge in [0.25, 0.3) is 10.0 Å².